The largest absolute Gasteiger partial charge is 0.439 e. The van der Waals surface area contributed by atoms with Crippen molar-refractivity contribution in [3.8, 4) is 11.6 Å². The second-order valence-corrected chi connectivity index (χ2v) is 9.08. The predicted octanol–water partition coefficient (Wildman–Crippen LogP) is 2.98. The van der Waals surface area contributed by atoms with Gasteiger partial charge in [-0.2, -0.15) is 4.31 Å². The Morgan fingerprint density at radius 2 is 1.87 bits per heavy atom. The smallest absolute Gasteiger partial charge is 0.266 e. The van der Waals surface area contributed by atoms with Crippen molar-refractivity contribution in [3.05, 3.63) is 83.6 Å². The van der Waals surface area contributed by atoms with Crippen molar-refractivity contribution in [2.75, 3.05) is 6.54 Å². The van der Waals surface area contributed by atoms with Crippen LogP contribution in [0.4, 0.5) is 0 Å². The average molecular weight is 439 g/mol. The average Bonchev–Trinajstić information content (AvgIpc) is 2.79. The summed E-state index contributed by atoms with van der Waals surface area (Å²) in [5, 5.41) is 9.21. The van der Waals surface area contributed by atoms with Gasteiger partial charge in [0.05, 0.1) is 6.20 Å². The second kappa shape index (κ2) is 8.46. The minimum absolute atomic E-state index is 0.0705. The molecule has 1 amide bonds. The number of hydrogen-bond acceptors (Lipinski definition) is 6. The molecule has 0 saturated carbocycles. The van der Waals surface area contributed by atoms with Crippen molar-refractivity contribution in [3.63, 3.8) is 0 Å². The number of sulfonamides is 1. The van der Waals surface area contributed by atoms with Gasteiger partial charge in [0.2, 0.25) is 15.9 Å². The normalized spacial score (nSPS) is 16.4. The van der Waals surface area contributed by atoms with Crippen LogP contribution >= 0.6 is 0 Å². The van der Waals surface area contributed by atoms with Crippen LogP contribution in [0.2, 0.25) is 0 Å². The lowest BCUT2D eigenvalue weighted by Crippen LogP contribution is -2.46. The first-order chi connectivity index (χ1) is 14.9. The van der Waals surface area contributed by atoms with E-state index in [1.54, 1.807) is 29.7 Å². The summed E-state index contributed by atoms with van der Waals surface area (Å²) in [6.45, 7) is 2.06. The van der Waals surface area contributed by atoms with Gasteiger partial charge in [-0.1, -0.05) is 42.0 Å². The summed E-state index contributed by atoms with van der Waals surface area (Å²) in [5.41, 5.74) is 4.08. The molecule has 2 aromatic carbocycles. The lowest BCUT2D eigenvalue weighted by molar-refractivity contribution is -0.133. The van der Waals surface area contributed by atoms with Gasteiger partial charge in [0, 0.05) is 12.6 Å². The molecule has 9 heteroatoms. The molecule has 4 rings (SSSR count). The number of hydrogen-bond donors (Lipinski definition) is 2. The Labute approximate surface area is 180 Å². The fraction of sp³-hybridized carbons (Fsp3) is 0.182. The molecule has 31 heavy (non-hydrogen) atoms. The molecule has 3 aromatic rings. The highest BCUT2D eigenvalue weighted by Gasteiger charge is 2.40. The first-order valence-corrected chi connectivity index (χ1v) is 11.1. The lowest BCUT2D eigenvalue weighted by atomic mass is 9.94. The molecule has 1 unspecified atom stereocenters. The highest BCUT2D eigenvalue weighted by molar-refractivity contribution is 7.89. The minimum Gasteiger partial charge on any atom is -0.439 e. The van der Waals surface area contributed by atoms with E-state index in [4.69, 9.17) is 4.74 Å². The number of amides is 1. The Bertz CT molecular complexity index is 1190. The summed E-state index contributed by atoms with van der Waals surface area (Å²) < 4.78 is 33.4. The molecule has 1 aliphatic rings. The third kappa shape index (κ3) is 4.15. The fourth-order valence-electron chi connectivity index (χ4n) is 3.58. The van der Waals surface area contributed by atoms with Gasteiger partial charge in [0.1, 0.15) is 16.7 Å². The van der Waals surface area contributed by atoms with Crippen LogP contribution in [0.25, 0.3) is 0 Å². The third-order valence-electron chi connectivity index (χ3n) is 5.16. The SMILES string of the molecule is Cc1ccc(Oc2ccc(S(=O)(=O)N3CCc4ccccc4C3C(=O)NO)cn2)cc1. The van der Waals surface area contributed by atoms with Crippen molar-refractivity contribution in [2.45, 2.75) is 24.3 Å². The van der Waals surface area contributed by atoms with Gasteiger partial charge in [0.25, 0.3) is 5.91 Å². The Morgan fingerprint density at radius 3 is 2.55 bits per heavy atom. The molecule has 2 N–H and O–H groups in total. The number of benzene rings is 2. The Morgan fingerprint density at radius 1 is 1.13 bits per heavy atom. The molecule has 0 saturated heterocycles. The molecule has 0 aliphatic carbocycles. The first kappa shape index (κ1) is 21.0. The maximum atomic E-state index is 13.3. The summed E-state index contributed by atoms with van der Waals surface area (Å²) >= 11 is 0. The number of fused-ring (bicyclic) bond motifs is 1. The zero-order chi connectivity index (χ0) is 22.0. The van der Waals surface area contributed by atoms with Crippen LogP contribution in [0.5, 0.6) is 11.6 Å². The van der Waals surface area contributed by atoms with E-state index in [0.717, 1.165) is 15.4 Å². The summed E-state index contributed by atoms with van der Waals surface area (Å²) in [5.74, 6) is 0.0143. The van der Waals surface area contributed by atoms with E-state index in [-0.39, 0.29) is 17.3 Å². The Kier molecular flexibility index (Phi) is 5.73. The van der Waals surface area contributed by atoms with Gasteiger partial charge in [-0.15, -0.1) is 0 Å². The maximum absolute atomic E-state index is 13.3. The number of nitrogens with zero attached hydrogens (tertiary/aromatic N) is 2. The maximum Gasteiger partial charge on any atom is 0.266 e. The topological polar surface area (TPSA) is 109 Å². The molecule has 160 valence electrons. The van der Waals surface area contributed by atoms with Crippen molar-refractivity contribution < 1.29 is 23.2 Å². The van der Waals surface area contributed by atoms with Crippen molar-refractivity contribution >= 4 is 15.9 Å². The number of carbonyl (C=O) groups is 1. The summed E-state index contributed by atoms with van der Waals surface area (Å²) in [7, 11) is -4.06. The van der Waals surface area contributed by atoms with E-state index in [9.17, 15) is 18.4 Å². The van der Waals surface area contributed by atoms with Crippen LogP contribution < -0.4 is 10.2 Å². The highest BCUT2D eigenvalue weighted by Crippen LogP contribution is 2.34. The Hall–Kier alpha value is -3.27. The van der Waals surface area contributed by atoms with E-state index < -0.39 is 22.0 Å². The standard InChI is InChI=1S/C22H21N3O5S/c1-15-6-8-17(9-7-15)30-20-11-10-18(14-23-20)31(28,29)25-13-12-16-4-2-3-5-19(16)21(25)22(26)24-27/h2-11,14,21,27H,12-13H2,1H3,(H,24,26). The number of aromatic nitrogens is 1. The van der Waals surface area contributed by atoms with Gasteiger partial charge in [-0.3, -0.25) is 10.0 Å². The number of carbonyl (C=O) groups excluding carboxylic acids is 1. The molecular formula is C22H21N3O5S. The van der Waals surface area contributed by atoms with E-state index >= 15 is 0 Å². The van der Waals surface area contributed by atoms with Crippen LogP contribution in [0.3, 0.4) is 0 Å². The van der Waals surface area contributed by atoms with E-state index in [1.807, 2.05) is 31.2 Å². The number of rotatable bonds is 5. The summed E-state index contributed by atoms with van der Waals surface area (Å²) in [6, 6.07) is 16.1. The van der Waals surface area contributed by atoms with Gasteiger partial charge >= 0.3 is 0 Å². The fourth-order valence-corrected chi connectivity index (χ4v) is 5.09. The van der Waals surface area contributed by atoms with Crippen molar-refractivity contribution in [1.82, 2.24) is 14.8 Å². The zero-order valence-electron chi connectivity index (χ0n) is 16.7. The molecule has 0 bridgehead atoms. The summed E-state index contributed by atoms with van der Waals surface area (Å²) in [4.78, 5) is 16.4. The number of ether oxygens (including phenoxy) is 1. The zero-order valence-corrected chi connectivity index (χ0v) is 17.5. The van der Waals surface area contributed by atoms with Crippen LogP contribution in [-0.2, 0) is 21.2 Å². The molecule has 1 atom stereocenters. The summed E-state index contributed by atoms with van der Waals surface area (Å²) in [6.07, 6.45) is 1.65. The van der Waals surface area contributed by atoms with Crippen molar-refractivity contribution in [1.29, 1.82) is 0 Å². The van der Waals surface area contributed by atoms with Crippen LogP contribution in [0.15, 0.2) is 71.8 Å². The lowest BCUT2D eigenvalue weighted by Gasteiger charge is -2.34. The minimum atomic E-state index is -4.06. The molecule has 1 aromatic heterocycles. The first-order valence-electron chi connectivity index (χ1n) is 9.64. The molecule has 1 aliphatic heterocycles. The molecule has 0 spiro atoms. The van der Waals surface area contributed by atoms with Gasteiger partial charge in [-0.25, -0.2) is 18.9 Å². The van der Waals surface area contributed by atoms with Gasteiger partial charge in [0.15, 0.2) is 0 Å². The monoisotopic (exact) mass is 439 g/mol. The molecule has 0 fully saturated rings. The molecular weight excluding hydrogens is 418 g/mol. The van der Waals surface area contributed by atoms with E-state index in [0.29, 0.717) is 17.7 Å². The van der Waals surface area contributed by atoms with Crippen molar-refractivity contribution in [2.24, 2.45) is 0 Å². The van der Waals surface area contributed by atoms with Crippen LogP contribution in [0, 0.1) is 6.92 Å². The van der Waals surface area contributed by atoms with E-state index in [1.165, 1.54) is 18.3 Å². The van der Waals surface area contributed by atoms with Crippen LogP contribution in [0.1, 0.15) is 22.7 Å². The van der Waals surface area contributed by atoms with Gasteiger partial charge < -0.3 is 4.74 Å². The predicted molar refractivity (Wildman–Crippen MR) is 112 cm³/mol. The third-order valence-corrected chi connectivity index (χ3v) is 7.00. The molecule has 2 heterocycles. The second-order valence-electron chi connectivity index (χ2n) is 7.19. The highest BCUT2D eigenvalue weighted by atomic mass is 32.2. The Balaban J connectivity index is 1.62. The number of aryl methyl sites for hydroxylation is 1. The quantitative estimate of drug-likeness (QED) is 0.467. The number of hydroxylamine groups is 1. The number of nitrogens with one attached hydrogen (secondary N) is 1. The molecule has 0 radical (unpaired) electrons. The van der Waals surface area contributed by atoms with E-state index in [2.05, 4.69) is 4.98 Å². The van der Waals surface area contributed by atoms with Gasteiger partial charge in [-0.05, 0) is 42.7 Å². The van der Waals surface area contributed by atoms with Crippen LogP contribution in [-0.4, -0.2) is 35.4 Å². The number of pyridine rings is 1. The molecule has 8 nitrogen and oxygen atoms in total.